The van der Waals surface area contributed by atoms with Gasteiger partial charge in [-0.1, -0.05) is 55.6 Å². The maximum absolute atomic E-state index is 14.9. The van der Waals surface area contributed by atoms with Gasteiger partial charge in [-0.15, -0.1) is 6.58 Å². The standard InChI is InChI=1S/C34H48ClF2N5O3/c1-10-12-25(16-21(4)15-20(2)3)44-29-18-28(43-23(6)22(5)17-24(36)19-38-9)39-31(40-29)32-41-33(45-42-32)34(7,8)30-26(35)13-11-14-27(30)37/h11,13-14,18,21-25,38H,2,10,12,15-17,19H2,1,3-9H3/t21-,22+,23+,24+,25+/m1/s1. The fourth-order valence-corrected chi connectivity index (χ4v) is 5.84. The van der Waals surface area contributed by atoms with Crippen LogP contribution in [-0.2, 0) is 5.41 Å². The lowest BCUT2D eigenvalue weighted by Crippen LogP contribution is -2.28. The van der Waals surface area contributed by atoms with Crippen LogP contribution in [-0.4, -0.2) is 52.1 Å². The van der Waals surface area contributed by atoms with Gasteiger partial charge in [0.1, 0.15) is 24.2 Å². The number of nitrogens with one attached hydrogen (secondary N) is 1. The molecule has 1 aromatic carbocycles. The Morgan fingerprint density at radius 2 is 1.78 bits per heavy atom. The van der Waals surface area contributed by atoms with Crippen molar-refractivity contribution in [2.75, 3.05) is 13.6 Å². The molecule has 0 aliphatic heterocycles. The molecule has 0 bridgehead atoms. The van der Waals surface area contributed by atoms with Crippen LogP contribution in [0.25, 0.3) is 11.6 Å². The monoisotopic (exact) mass is 647 g/mol. The molecule has 3 aromatic rings. The maximum atomic E-state index is 14.9. The number of hydrogen-bond acceptors (Lipinski definition) is 8. The van der Waals surface area contributed by atoms with Crippen molar-refractivity contribution in [1.82, 2.24) is 25.4 Å². The predicted octanol–water partition coefficient (Wildman–Crippen LogP) is 8.54. The quantitative estimate of drug-likeness (QED) is 0.137. The number of allylic oxidation sites excluding steroid dienone is 1. The number of halogens is 3. The van der Waals surface area contributed by atoms with E-state index in [9.17, 15) is 8.78 Å². The van der Waals surface area contributed by atoms with Crippen molar-refractivity contribution in [3.05, 3.63) is 58.7 Å². The first kappa shape index (κ1) is 36.4. The van der Waals surface area contributed by atoms with E-state index in [0.29, 0.717) is 18.2 Å². The summed E-state index contributed by atoms with van der Waals surface area (Å²) in [6, 6.07) is 6.13. The van der Waals surface area contributed by atoms with E-state index in [4.69, 9.17) is 25.6 Å². The third kappa shape index (κ3) is 10.2. The van der Waals surface area contributed by atoms with Crippen molar-refractivity contribution >= 4 is 11.6 Å². The SMILES string of the molecule is C=C(C)C[C@@H](C)C[C@H](CCC)Oc1cc(O[C@@H](C)[C@@H](C)C[C@H](F)CNC)nc(-c2noc(C(C)(C)c3c(F)cccc3Cl)n2)n1. The average molecular weight is 648 g/mol. The van der Waals surface area contributed by atoms with Crippen LogP contribution in [0.5, 0.6) is 11.8 Å². The number of aromatic nitrogens is 4. The Morgan fingerprint density at radius 3 is 2.40 bits per heavy atom. The van der Waals surface area contributed by atoms with Gasteiger partial charge in [-0.2, -0.15) is 15.0 Å². The maximum Gasteiger partial charge on any atom is 0.240 e. The molecule has 0 saturated heterocycles. The van der Waals surface area contributed by atoms with Crippen LogP contribution < -0.4 is 14.8 Å². The minimum atomic E-state index is -1.05. The van der Waals surface area contributed by atoms with Crippen molar-refractivity contribution in [2.24, 2.45) is 11.8 Å². The van der Waals surface area contributed by atoms with E-state index >= 15 is 0 Å². The van der Waals surface area contributed by atoms with E-state index in [1.54, 1.807) is 39.1 Å². The Hall–Kier alpha value is -3.11. The highest BCUT2D eigenvalue weighted by molar-refractivity contribution is 6.31. The molecule has 0 aliphatic rings. The summed E-state index contributed by atoms with van der Waals surface area (Å²) in [6.45, 7) is 18.0. The number of hydrogen-bond donors (Lipinski definition) is 1. The fourth-order valence-electron chi connectivity index (χ4n) is 5.45. The fraction of sp³-hybridized carbons (Fsp3) is 0.588. The Bertz CT molecular complexity index is 1380. The summed E-state index contributed by atoms with van der Waals surface area (Å²) in [5.41, 5.74) is 0.313. The van der Waals surface area contributed by atoms with E-state index in [2.05, 4.69) is 45.9 Å². The largest absolute Gasteiger partial charge is 0.474 e. The zero-order valence-corrected chi connectivity index (χ0v) is 28.5. The van der Waals surface area contributed by atoms with Crippen molar-refractivity contribution in [3.63, 3.8) is 0 Å². The minimum absolute atomic E-state index is 0.0853. The Labute approximate surface area is 271 Å². The summed E-state index contributed by atoms with van der Waals surface area (Å²) in [6.07, 6.45) is 2.33. The summed E-state index contributed by atoms with van der Waals surface area (Å²) < 4.78 is 47.5. The van der Waals surface area contributed by atoms with Gasteiger partial charge in [0, 0.05) is 17.1 Å². The molecule has 0 radical (unpaired) electrons. The normalized spacial score (nSPS) is 15.3. The van der Waals surface area contributed by atoms with E-state index in [0.717, 1.165) is 31.3 Å². The number of nitrogens with zero attached hydrogens (tertiary/aromatic N) is 4. The molecule has 0 unspecified atom stereocenters. The second-order valence-corrected chi connectivity index (χ2v) is 13.1. The molecule has 0 aliphatic carbocycles. The number of rotatable bonds is 18. The van der Waals surface area contributed by atoms with Gasteiger partial charge < -0.3 is 19.3 Å². The molecule has 2 aromatic heterocycles. The molecule has 0 spiro atoms. The highest BCUT2D eigenvalue weighted by atomic mass is 35.5. The molecule has 0 amide bonds. The number of benzene rings is 1. The second kappa shape index (κ2) is 16.5. The number of alkyl halides is 1. The first-order chi connectivity index (χ1) is 21.2. The highest BCUT2D eigenvalue weighted by Gasteiger charge is 2.35. The van der Waals surface area contributed by atoms with Gasteiger partial charge >= 0.3 is 0 Å². The third-order valence-electron chi connectivity index (χ3n) is 7.85. The van der Waals surface area contributed by atoms with Crippen LogP contribution >= 0.6 is 11.6 Å². The molecule has 0 saturated carbocycles. The Balaban J connectivity index is 1.98. The smallest absolute Gasteiger partial charge is 0.240 e. The predicted molar refractivity (Wildman–Crippen MR) is 174 cm³/mol. The van der Waals surface area contributed by atoms with Crippen molar-refractivity contribution in [3.8, 4) is 23.4 Å². The molecule has 11 heteroatoms. The van der Waals surface area contributed by atoms with Gasteiger partial charge in [0.2, 0.25) is 29.3 Å². The van der Waals surface area contributed by atoms with Crippen LogP contribution in [0.2, 0.25) is 5.02 Å². The molecule has 248 valence electrons. The van der Waals surface area contributed by atoms with Crippen molar-refractivity contribution < 1.29 is 22.8 Å². The van der Waals surface area contributed by atoms with Crippen LogP contribution in [0, 0.1) is 17.7 Å². The lowest BCUT2D eigenvalue weighted by Gasteiger charge is -2.24. The lowest BCUT2D eigenvalue weighted by atomic mass is 9.84. The molecule has 1 N–H and O–H groups in total. The first-order valence-corrected chi connectivity index (χ1v) is 16.1. The van der Waals surface area contributed by atoms with Crippen LogP contribution in [0.15, 0.2) is 40.9 Å². The molecule has 8 nitrogen and oxygen atoms in total. The van der Waals surface area contributed by atoms with Gasteiger partial charge in [0.05, 0.1) is 11.5 Å². The zero-order chi connectivity index (χ0) is 33.3. The van der Waals surface area contributed by atoms with Crippen LogP contribution in [0.4, 0.5) is 8.78 Å². The van der Waals surface area contributed by atoms with Crippen molar-refractivity contribution in [2.45, 2.75) is 104 Å². The Kier molecular flexibility index (Phi) is 13.3. The van der Waals surface area contributed by atoms with E-state index < -0.39 is 17.4 Å². The molecule has 3 rings (SSSR count). The van der Waals surface area contributed by atoms with Gasteiger partial charge in [0.15, 0.2) is 0 Å². The van der Waals surface area contributed by atoms with Gasteiger partial charge in [-0.3, -0.25) is 0 Å². The molecular weight excluding hydrogens is 600 g/mol. The summed E-state index contributed by atoms with van der Waals surface area (Å²) in [5, 5.41) is 7.25. The summed E-state index contributed by atoms with van der Waals surface area (Å²) >= 11 is 6.37. The second-order valence-electron chi connectivity index (χ2n) is 12.7. The van der Waals surface area contributed by atoms with Gasteiger partial charge in [-0.25, -0.2) is 8.78 Å². The Morgan fingerprint density at radius 1 is 1.09 bits per heavy atom. The summed E-state index contributed by atoms with van der Waals surface area (Å²) in [7, 11) is 1.72. The number of ether oxygens (including phenoxy) is 2. The van der Waals surface area contributed by atoms with Crippen LogP contribution in [0.1, 0.15) is 92.0 Å². The first-order valence-electron chi connectivity index (χ1n) is 15.7. The lowest BCUT2D eigenvalue weighted by molar-refractivity contribution is 0.123. The van der Waals surface area contributed by atoms with Gasteiger partial charge in [0.25, 0.3) is 0 Å². The van der Waals surface area contributed by atoms with Crippen LogP contribution in [0.3, 0.4) is 0 Å². The molecule has 45 heavy (non-hydrogen) atoms. The van der Waals surface area contributed by atoms with Crippen molar-refractivity contribution in [1.29, 1.82) is 0 Å². The average Bonchev–Trinajstić information content (AvgIpc) is 3.44. The molecule has 5 atom stereocenters. The minimum Gasteiger partial charge on any atom is -0.474 e. The van der Waals surface area contributed by atoms with Gasteiger partial charge in [-0.05, 0) is 84.4 Å². The zero-order valence-electron chi connectivity index (χ0n) is 27.8. The van der Waals surface area contributed by atoms with E-state index in [-0.39, 0.29) is 58.7 Å². The summed E-state index contributed by atoms with van der Waals surface area (Å²) in [5.74, 6) is 0.679. The van der Waals surface area contributed by atoms with E-state index in [1.165, 1.54) is 6.07 Å². The molecular formula is C34H48ClF2N5O3. The van der Waals surface area contributed by atoms with E-state index in [1.807, 2.05) is 20.8 Å². The topological polar surface area (TPSA) is 95.2 Å². The molecule has 0 fully saturated rings. The molecule has 2 heterocycles. The highest BCUT2D eigenvalue weighted by Crippen LogP contribution is 2.37. The summed E-state index contributed by atoms with van der Waals surface area (Å²) in [4.78, 5) is 13.8. The third-order valence-corrected chi connectivity index (χ3v) is 8.16.